The Morgan fingerprint density at radius 1 is 1.53 bits per heavy atom. The Balaban J connectivity index is 1.98. The van der Waals surface area contributed by atoms with Gasteiger partial charge in [0.05, 0.1) is 11.0 Å². The summed E-state index contributed by atoms with van der Waals surface area (Å²) in [5.41, 5.74) is 0.668. The molecule has 1 unspecified atom stereocenters. The van der Waals surface area contributed by atoms with E-state index in [2.05, 4.69) is 5.32 Å². The zero-order chi connectivity index (χ0) is 13.7. The smallest absolute Gasteiger partial charge is 0.293 e. The number of carbonyl (C=O) groups excluding carboxylic acids is 1. The van der Waals surface area contributed by atoms with Gasteiger partial charge in [-0.3, -0.25) is 14.9 Å². The predicted octanol–water partition coefficient (Wildman–Crippen LogP) is 2.39. The number of nitro groups is 1. The third kappa shape index (κ3) is 3.51. The fourth-order valence-corrected chi connectivity index (χ4v) is 2.16. The first kappa shape index (κ1) is 13.5. The Labute approximate surface area is 110 Å². The molecule has 0 spiro atoms. The van der Waals surface area contributed by atoms with Crippen molar-refractivity contribution in [1.82, 2.24) is 0 Å². The van der Waals surface area contributed by atoms with Crippen LogP contribution in [0.3, 0.4) is 0 Å². The molecule has 102 valence electrons. The quantitative estimate of drug-likeness (QED) is 0.484. The summed E-state index contributed by atoms with van der Waals surface area (Å²) in [6.07, 6.45) is 3.81. The minimum Gasteiger partial charge on any atom is -0.379 e. The molecule has 0 saturated carbocycles. The van der Waals surface area contributed by atoms with Gasteiger partial charge >= 0.3 is 0 Å². The molecule has 19 heavy (non-hydrogen) atoms. The molecule has 0 bridgehead atoms. The molecule has 1 fully saturated rings. The second kappa shape index (κ2) is 6.29. The number of nitrogens with one attached hydrogen (secondary N) is 1. The lowest BCUT2D eigenvalue weighted by Crippen LogP contribution is -2.13. The monoisotopic (exact) mass is 264 g/mol. The highest BCUT2D eigenvalue weighted by Crippen LogP contribution is 2.25. The van der Waals surface area contributed by atoms with Crippen LogP contribution in [0.1, 0.15) is 29.6 Å². The SMILES string of the molecule is O=Cc1ccc(NCCC2CCCO2)c([N+](=O)[O-])c1. The van der Waals surface area contributed by atoms with E-state index >= 15 is 0 Å². The summed E-state index contributed by atoms with van der Waals surface area (Å²) in [5, 5.41) is 14.0. The predicted molar refractivity (Wildman–Crippen MR) is 70.6 cm³/mol. The van der Waals surface area contributed by atoms with Gasteiger partial charge in [0.1, 0.15) is 12.0 Å². The number of hydrogen-bond donors (Lipinski definition) is 1. The molecular formula is C13H16N2O4. The lowest BCUT2D eigenvalue weighted by Gasteiger charge is -2.11. The summed E-state index contributed by atoms with van der Waals surface area (Å²) in [4.78, 5) is 21.1. The summed E-state index contributed by atoms with van der Waals surface area (Å²) in [7, 11) is 0. The summed E-state index contributed by atoms with van der Waals surface area (Å²) in [5.74, 6) is 0. The van der Waals surface area contributed by atoms with Crippen molar-refractivity contribution in [3.05, 3.63) is 33.9 Å². The van der Waals surface area contributed by atoms with Gasteiger partial charge < -0.3 is 10.1 Å². The van der Waals surface area contributed by atoms with E-state index in [-0.39, 0.29) is 11.8 Å². The van der Waals surface area contributed by atoms with Gasteiger partial charge in [-0.05, 0) is 31.4 Å². The molecule has 0 radical (unpaired) electrons. The number of anilines is 1. The van der Waals surface area contributed by atoms with Crippen LogP contribution in [0.4, 0.5) is 11.4 Å². The average molecular weight is 264 g/mol. The van der Waals surface area contributed by atoms with E-state index < -0.39 is 4.92 Å². The molecule has 1 heterocycles. The number of nitro benzene ring substituents is 1. The zero-order valence-corrected chi connectivity index (χ0v) is 10.5. The number of carbonyl (C=O) groups is 1. The Morgan fingerprint density at radius 2 is 2.37 bits per heavy atom. The average Bonchev–Trinajstić information content (AvgIpc) is 2.92. The number of ether oxygens (including phenoxy) is 1. The van der Waals surface area contributed by atoms with Gasteiger partial charge in [0.2, 0.25) is 0 Å². The minimum absolute atomic E-state index is 0.0723. The molecule has 2 rings (SSSR count). The van der Waals surface area contributed by atoms with Crippen LogP contribution < -0.4 is 5.32 Å². The van der Waals surface area contributed by atoms with Gasteiger partial charge in [0.15, 0.2) is 0 Å². The number of nitrogens with zero attached hydrogens (tertiary/aromatic N) is 1. The third-order valence-electron chi connectivity index (χ3n) is 3.16. The largest absolute Gasteiger partial charge is 0.379 e. The molecule has 1 aliphatic rings. The number of aldehydes is 1. The highest BCUT2D eigenvalue weighted by Gasteiger charge is 2.17. The van der Waals surface area contributed by atoms with Gasteiger partial charge in [0, 0.05) is 24.8 Å². The first-order chi connectivity index (χ1) is 9.20. The summed E-state index contributed by atoms with van der Waals surface area (Å²) >= 11 is 0. The van der Waals surface area contributed by atoms with Crippen LogP contribution in [-0.2, 0) is 4.74 Å². The van der Waals surface area contributed by atoms with Crippen LogP contribution in [0.25, 0.3) is 0 Å². The molecule has 1 aromatic rings. The van der Waals surface area contributed by atoms with Crippen LogP contribution in [0.15, 0.2) is 18.2 Å². The molecule has 1 N–H and O–H groups in total. The summed E-state index contributed by atoms with van der Waals surface area (Å²) < 4.78 is 5.48. The van der Waals surface area contributed by atoms with Gasteiger partial charge in [-0.25, -0.2) is 0 Å². The Bertz CT molecular complexity index is 470. The maximum Gasteiger partial charge on any atom is 0.293 e. The molecule has 1 aromatic carbocycles. The molecule has 6 nitrogen and oxygen atoms in total. The van der Waals surface area contributed by atoms with Crippen molar-refractivity contribution in [2.75, 3.05) is 18.5 Å². The van der Waals surface area contributed by atoms with E-state index in [9.17, 15) is 14.9 Å². The molecule has 0 aromatic heterocycles. The van der Waals surface area contributed by atoms with Crippen molar-refractivity contribution >= 4 is 17.7 Å². The maximum absolute atomic E-state index is 10.9. The van der Waals surface area contributed by atoms with Gasteiger partial charge in [-0.2, -0.15) is 0 Å². The first-order valence-electron chi connectivity index (χ1n) is 6.30. The normalized spacial score (nSPS) is 18.2. The number of benzene rings is 1. The Morgan fingerprint density at radius 3 is 3.00 bits per heavy atom. The molecule has 1 aliphatic heterocycles. The lowest BCUT2D eigenvalue weighted by atomic mass is 10.1. The van der Waals surface area contributed by atoms with E-state index in [1.165, 1.54) is 6.07 Å². The summed E-state index contributed by atoms with van der Waals surface area (Å²) in [6.45, 7) is 1.42. The highest BCUT2D eigenvalue weighted by atomic mass is 16.6. The van der Waals surface area contributed by atoms with Gasteiger partial charge in [-0.15, -0.1) is 0 Å². The topological polar surface area (TPSA) is 81.5 Å². The molecular weight excluding hydrogens is 248 g/mol. The second-order valence-electron chi connectivity index (χ2n) is 4.50. The van der Waals surface area contributed by atoms with E-state index in [1.807, 2.05) is 0 Å². The van der Waals surface area contributed by atoms with Crippen molar-refractivity contribution in [2.45, 2.75) is 25.4 Å². The number of rotatable bonds is 6. The van der Waals surface area contributed by atoms with Crippen molar-refractivity contribution in [3.63, 3.8) is 0 Å². The second-order valence-corrected chi connectivity index (χ2v) is 4.50. The fourth-order valence-electron chi connectivity index (χ4n) is 2.16. The van der Waals surface area contributed by atoms with E-state index in [4.69, 9.17) is 4.74 Å². The first-order valence-corrected chi connectivity index (χ1v) is 6.30. The van der Waals surface area contributed by atoms with Crippen LogP contribution in [0, 0.1) is 10.1 Å². The molecule has 6 heteroatoms. The third-order valence-corrected chi connectivity index (χ3v) is 3.16. The van der Waals surface area contributed by atoms with Crippen LogP contribution >= 0.6 is 0 Å². The minimum atomic E-state index is -0.485. The van der Waals surface area contributed by atoms with Crippen LogP contribution in [-0.4, -0.2) is 30.5 Å². The number of hydrogen-bond acceptors (Lipinski definition) is 5. The van der Waals surface area contributed by atoms with Gasteiger partial charge in [-0.1, -0.05) is 0 Å². The maximum atomic E-state index is 10.9. The molecule has 0 amide bonds. The van der Waals surface area contributed by atoms with Crippen molar-refractivity contribution < 1.29 is 14.5 Å². The highest BCUT2D eigenvalue weighted by molar-refractivity contribution is 5.79. The van der Waals surface area contributed by atoms with Crippen molar-refractivity contribution in [3.8, 4) is 0 Å². The fraction of sp³-hybridized carbons (Fsp3) is 0.462. The molecule has 1 atom stereocenters. The van der Waals surface area contributed by atoms with Crippen LogP contribution in [0.5, 0.6) is 0 Å². The Hall–Kier alpha value is -1.95. The summed E-state index contributed by atoms with van der Waals surface area (Å²) in [6, 6.07) is 4.41. The molecule has 1 saturated heterocycles. The van der Waals surface area contributed by atoms with E-state index in [0.29, 0.717) is 24.1 Å². The standard InChI is InChI=1S/C13H16N2O4/c16-9-10-3-4-12(13(8-10)15(17)18)14-6-5-11-2-1-7-19-11/h3-4,8-9,11,14H,1-2,5-7H2. The Kier molecular flexibility index (Phi) is 4.46. The molecule has 0 aliphatic carbocycles. The van der Waals surface area contributed by atoms with E-state index in [1.54, 1.807) is 12.1 Å². The zero-order valence-electron chi connectivity index (χ0n) is 10.5. The van der Waals surface area contributed by atoms with Crippen LogP contribution in [0.2, 0.25) is 0 Å². The lowest BCUT2D eigenvalue weighted by molar-refractivity contribution is -0.384. The van der Waals surface area contributed by atoms with Gasteiger partial charge in [0.25, 0.3) is 5.69 Å². The van der Waals surface area contributed by atoms with E-state index in [0.717, 1.165) is 25.9 Å². The van der Waals surface area contributed by atoms with Crippen molar-refractivity contribution in [1.29, 1.82) is 0 Å². The van der Waals surface area contributed by atoms with Crippen molar-refractivity contribution in [2.24, 2.45) is 0 Å².